The van der Waals surface area contributed by atoms with Crippen molar-refractivity contribution >= 4 is 63.3 Å². The maximum absolute atomic E-state index is 13.4. The Kier molecular flexibility index (Phi) is 4.85. The molecule has 5 nitrogen and oxygen atoms in total. The summed E-state index contributed by atoms with van der Waals surface area (Å²) in [5.41, 5.74) is 0.503. The van der Waals surface area contributed by atoms with Crippen LogP contribution in [0.5, 0.6) is 0 Å². The molecule has 0 N–H and O–H groups in total. The second-order valence-corrected chi connectivity index (χ2v) is 7.04. The van der Waals surface area contributed by atoms with Crippen molar-refractivity contribution in [2.45, 2.75) is 0 Å². The van der Waals surface area contributed by atoms with Gasteiger partial charge in [0.05, 0.1) is 15.5 Å². The Balaban J connectivity index is 1.99. The van der Waals surface area contributed by atoms with Gasteiger partial charge < -0.3 is 0 Å². The van der Waals surface area contributed by atoms with Gasteiger partial charge in [0.15, 0.2) is 4.32 Å². The number of carbonyl (C=O) groups is 1. The SMILES string of the molecule is O=C1/C(=C\c2cc([N+](=O)[O-])ccc2Cl)SC(=S)N1c1cccc(F)c1. The van der Waals surface area contributed by atoms with E-state index in [1.54, 1.807) is 6.07 Å². The van der Waals surface area contributed by atoms with Gasteiger partial charge in [-0.25, -0.2) is 4.39 Å². The van der Waals surface area contributed by atoms with Crippen molar-refractivity contribution in [2.24, 2.45) is 0 Å². The molecule has 1 aliphatic rings. The van der Waals surface area contributed by atoms with Crippen LogP contribution in [0.4, 0.5) is 15.8 Å². The van der Waals surface area contributed by atoms with Crippen LogP contribution in [0.2, 0.25) is 5.02 Å². The fourth-order valence-electron chi connectivity index (χ4n) is 2.20. The highest BCUT2D eigenvalue weighted by Crippen LogP contribution is 2.37. The van der Waals surface area contributed by atoms with Crippen LogP contribution in [0.15, 0.2) is 47.4 Å². The molecule has 0 aromatic heterocycles. The van der Waals surface area contributed by atoms with Crippen LogP contribution >= 0.6 is 35.6 Å². The van der Waals surface area contributed by atoms with Crippen molar-refractivity contribution in [3.8, 4) is 0 Å². The van der Waals surface area contributed by atoms with Gasteiger partial charge >= 0.3 is 0 Å². The summed E-state index contributed by atoms with van der Waals surface area (Å²) in [5, 5.41) is 11.2. The van der Waals surface area contributed by atoms with Gasteiger partial charge in [-0.2, -0.15) is 0 Å². The Bertz CT molecular complexity index is 949. The number of non-ortho nitro benzene ring substituents is 1. The molecule has 1 heterocycles. The molecule has 1 amide bonds. The van der Waals surface area contributed by atoms with Crippen molar-refractivity contribution < 1.29 is 14.1 Å². The Hall–Kier alpha value is -2.29. The Labute approximate surface area is 156 Å². The number of halogens is 2. The van der Waals surface area contributed by atoms with Crippen LogP contribution in [0.25, 0.3) is 6.08 Å². The summed E-state index contributed by atoms with van der Waals surface area (Å²) in [6, 6.07) is 9.45. The minimum Gasteiger partial charge on any atom is -0.268 e. The Morgan fingerprint density at radius 3 is 2.72 bits per heavy atom. The van der Waals surface area contributed by atoms with Gasteiger partial charge in [0.1, 0.15) is 5.82 Å². The number of nitrogens with zero attached hydrogens (tertiary/aromatic N) is 2. The largest absolute Gasteiger partial charge is 0.270 e. The minimum absolute atomic E-state index is 0.142. The molecule has 9 heteroatoms. The van der Waals surface area contributed by atoms with Gasteiger partial charge in [-0.1, -0.05) is 41.6 Å². The highest BCUT2D eigenvalue weighted by Gasteiger charge is 2.33. The summed E-state index contributed by atoms with van der Waals surface area (Å²) in [5.74, 6) is -0.930. The summed E-state index contributed by atoms with van der Waals surface area (Å²) < 4.78 is 13.6. The van der Waals surface area contributed by atoms with Crippen LogP contribution in [0.1, 0.15) is 5.56 Å². The third-order valence-corrected chi connectivity index (χ3v) is 4.98. The second kappa shape index (κ2) is 6.91. The monoisotopic (exact) mass is 394 g/mol. The third kappa shape index (κ3) is 3.55. The molecule has 2 aromatic rings. The number of rotatable bonds is 3. The number of benzene rings is 2. The van der Waals surface area contributed by atoms with Gasteiger partial charge in [0, 0.05) is 22.7 Å². The standard InChI is InChI=1S/C16H8ClFN2O3S2/c17-13-5-4-12(20(22)23)6-9(13)7-14-15(21)19(16(24)25-14)11-3-1-2-10(18)8-11/h1-8H/b14-7+. The second-order valence-electron chi connectivity index (χ2n) is 4.96. The van der Waals surface area contributed by atoms with Crippen LogP contribution in [0.3, 0.4) is 0 Å². The smallest absolute Gasteiger partial charge is 0.268 e. The molecule has 0 bridgehead atoms. The summed E-state index contributed by atoms with van der Waals surface area (Å²) in [6.45, 7) is 0. The van der Waals surface area contributed by atoms with Crippen LogP contribution in [-0.2, 0) is 4.79 Å². The highest BCUT2D eigenvalue weighted by atomic mass is 35.5. The molecule has 1 fully saturated rings. The minimum atomic E-state index is -0.550. The zero-order valence-electron chi connectivity index (χ0n) is 12.3. The van der Waals surface area contributed by atoms with Gasteiger partial charge in [-0.05, 0) is 30.3 Å². The maximum Gasteiger partial charge on any atom is 0.270 e. The molecule has 1 saturated heterocycles. The lowest BCUT2D eigenvalue weighted by atomic mass is 10.2. The molecule has 0 aliphatic carbocycles. The van der Waals surface area contributed by atoms with E-state index in [4.69, 9.17) is 23.8 Å². The first-order valence-corrected chi connectivity index (χ1v) is 8.44. The van der Waals surface area contributed by atoms with Crippen molar-refractivity contribution in [1.29, 1.82) is 0 Å². The Morgan fingerprint density at radius 1 is 1.28 bits per heavy atom. The van der Waals surface area contributed by atoms with Crippen molar-refractivity contribution in [3.05, 3.63) is 73.9 Å². The van der Waals surface area contributed by atoms with E-state index in [0.29, 0.717) is 11.3 Å². The number of anilines is 1. The van der Waals surface area contributed by atoms with Gasteiger partial charge in [-0.15, -0.1) is 0 Å². The van der Waals surface area contributed by atoms with Gasteiger partial charge in [0.2, 0.25) is 0 Å². The van der Waals surface area contributed by atoms with Crippen molar-refractivity contribution in [3.63, 3.8) is 0 Å². The first-order valence-electron chi connectivity index (χ1n) is 6.84. The van der Waals surface area contributed by atoms with E-state index in [2.05, 4.69) is 0 Å². The number of hydrogen-bond donors (Lipinski definition) is 0. The van der Waals surface area contributed by atoms with Gasteiger partial charge in [0.25, 0.3) is 11.6 Å². The summed E-state index contributed by atoms with van der Waals surface area (Å²) in [6.07, 6.45) is 1.44. The molecular weight excluding hydrogens is 387 g/mol. The average molecular weight is 395 g/mol. The van der Waals surface area contributed by atoms with Crippen molar-refractivity contribution in [1.82, 2.24) is 0 Å². The van der Waals surface area contributed by atoms with E-state index in [9.17, 15) is 19.3 Å². The van der Waals surface area contributed by atoms with Crippen LogP contribution in [0, 0.1) is 15.9 Å². The first-order chi connectivity index (χ1) is 11.9. The maximum atomic E-state index is 13.4. The quantitative estimate of drug-likeness (QED) is 0.324. The molecule has 0 saturated carbocycles. The normalized spacial score (nSPS) is 15.9. The van der Waals surface area contributed by atoms with E-state index >= 15 is 0 Å². The van der Waals surface area contributed by atoms with Crippen LogP contribution in [-0.4, -0.2) is 15.2 Å². The molecule has 0 atom stereocenters. The molecule has 0 spiro atoms. The lowest BCUT2D eigenvalue weighted by Crippen LogP contribution is -2.27. The number of nitro groups is 1. The number of thiocarbonyl (C=S) groups is 1. The average Bonchev–Trinajstić information content (AvgIpc) is 2.83. The van der Waals surface area contributed by atoms with Crippen molar-refractivity contribution in [2.75, 3.05) is 4.90 Å². The predicted octanol–water partition coefficient (Wildman–Crippen LogP) is 4.79. The summed E-state index contributed by atoms with van der Waals surface area (Å²) in [4.78, 5) is 24.4. The summed E-state index contributed by atoms with van der Waals surface area (Å²) >= 11 is 12.3. The molecule has 0 radical (unpaired) electrons. The number of nitro benzene ring substituents is 1. The lowest BCUT2D eigenvalue weighted by molar-refractivity contribution is -0.384. The predicted molar refractivity (Wildman–Crippen MR) is 100 cm³/mol. The zero-order chi connectivity index (χ0) is 18.1. The van der Waals surface area contributed by atoms with Gasteiger partial charge in [-0.3, -0.25) is 19.8 Å². The number of amides is 1. The van der Waals surface area contributed by atoms with E-state index in [-0.39, 0.29) is 19.9 Å². The molecule has 2 aromatic carbocycles. The molecule has 0 unspecified atom stereocenters. The lowest BCUT2D eigenvalue weighted by Gasteiger charge is -2.14. The molecule has 3 rings (SSSR count). The first kappa shape index (κ1) is 17.5. The van der Waals surface area contributed by atoms with E-state index in [1.165, 1.54) is 47.4 Å². The Morgan fingerprint density at radius 2 is 2.04 bits per heavy atom. The zero-order valence-corrected chi connectivity index (χ0v) is 14.7. The molecule has 1 aliphatic heterocycles. The number of thioether (sulfide) groups is 1. The van der Waals surface area contributed by atoms with E-state index in [1.807, 2.05) is 0 Å². The number of hydrogen-bond acceptors (Lipinski definition) is 5. The fraction of sp³-hybridized carbons (Fsp3) is 0. The molecule has 25 heavy (non-hydrogen) atoms. The molecule has 126 valence electrons. The van der Waals surface area contributed by atoms with E-state index in [0.717, 1.165) is 11.8 Å². The molecular formula is C16H8ClFN2O3S2. The topological polar surface area (TPSA) is 63.4 Å². The highest BCUT2D eigenvalue weighted by molar-refractivity contribution is 8.27. The number of carbonyl (C=O) groups excluding carboxylic acids is 1. The summed E-state index contributed by atoms with van der Waals surface area (Å²) in [7, 11) is 0. The van der Waals surface area contributed by atoms with Crippen LogP contribution < -0.4 is 4.90 Å². The van der Waals surface area contributed by atoms with E-state index < -0.39 is 16.6 Å². The fourth-order valence-corrected chi connectivity index (χ4v) is 3.66. The third-order valence-electron chi connectivity index (χ3n) is 3.34.